The van der Waals surface area contributed by atoms with Gasteiger partial charge in [0.15, 0.2) is 0 Å². The number of ether oxygens (including phenoxy) is 1. The minimum absolute atomic E-state index is 0.862. The lowest BCUT2D eigenvalue weighted by Gasteiger charge is -2.13. The van der Waals surface area contributed by atoms with Crippen LogP contribution in [0.4, 0.5) is 0 Å². The molecule has 3 aromatic carbocycles. The molecule has 0 saturated heterocycles. The lowest BCUT2D eigenvalue weighted by Crippen LogP contribution is -2.02. The number of aromatic nitrogens is 1. The van der Waals surface area contributed by atoms with Gasteiger partial charge in [-0.2, -0.15) is 0 Å². The minimum atomic E-state index is 0.862. The average molecular weight is 384 g/mol. The van der Waals surface area contributed by atoms with Crippen LogP contribution in [0, 0.1) is 13.8 Å². The third kappa shape index (κ3) is 3.80. The predicted octanol–water partition coefficient (Wildman–Crippen LogP) is 6.93. The Balaban J connectivity index is 1.84. The quantitative estimate of drug-likeness (QED) is 0.352. The van der Waals surface area contributed by atoms with Gasteiger partial charge in [0.05, 0.1) is 12.8 Å². The van der Waals surface area contributed by atoms with Crippen molar-refractivity contribution >= 4 is 10.9 Å². The highest BCUT2D eigenvalue weighted by molar-refractivity contribution is 5.92. The molecule has 0 bridgehead atoms. The average Bonchev–Trinajstić information content (AvgIpc) is 3.01. The Morgan fingerprint density at radius 2 is 1.52 bits per heavy atom. The van der Waals surface area contributed by atoms with Gasteiger partial charge in [0.25, 0.3) is 0 Å². The summed E-state index contributed by atoms with van der Waals surface area (Å²) in [5, 5.41) is 1.33. The van der Waals surface area contributed by atoms with Gasteiger partial charge >= 0.3 is 0 Å². The number of hydrogen-bond donors (Lipinski definition) is 0. The summed E-state index contributed by atoms with van der Waals surface area (Å²) in [5.41, 5.74) is 9.16. The summed E-state index contributed by atoms with van der Waals surface area (Å²) in [6.45, 7) is 7.49. The highest BCUT2D eigenvalue weighted by Gasteiger charge is 2.16. The number of rotatable bonds is 6. The number of fused-ring (bicyclic) bond motifs is 1. The second kappa shape index (κ2) is 8.16. The van der Waals surface area contributed by atoms with Crippen molar-refractivity contribution in [3.8, 4) is 17.0 Å². The molecule has 0 aliphatic rings. The molecule has 1 aromatic heterocycles. The number of benzene rings is 3. The van der Waals surface area contributed by atoms with E-state index in [9.17, 15) is 0 Å². The van der Waals surface area contributed by atoms with E-state index in [0.717, 1.165) is 18.7 Å². The van der Waals surface area contributed by atoms with Gasteiger partial charge in [0.2, 0.25) is 0 Å². The highest BCUT2D eigenvalue weighted by Crippen LogP contribution is 2.35. The van der Waals surface area contributed by atoms with Gasteiger partial charge in [-0.25, -0.2) is 0 Å². The van der Waals surface area contributed by atoms with Crippen LogP contribution in [0.15, 0.2) is 66.7 Å². The van der Waals surface area contributed by atoms with E-state index in [-0.39, 0.29) is 0 Å². The van der Waals surface area contributed by atoms with Gasteiger partial charge in [-0.3, -0.25) is 0 Å². The maximum Gasteiger partial charge on any atom is 0.118 e. The third-order valence-electron chi connectivity index (χ3n) is 5.74. The van der Waals surface area contributed by atoms with Gasteiger partial charge in [0, 0.05) is 17.4 Å². The molecule has 0 unspecified atom stereocenters. The first-order valence-corrected chi connectivity index (χ1v) is 10.4. The summed E-state index contributed by atoms with van der Waals surface area (Å²) in [6.07, 6.45) is 2.32. The normalized spacial score (nSPS) is 11.2. The molecule has 29 heavy (non-hydrogen) atoms. The van der Waals surface area contributed by atoms with Crippen LogP contribution in [-0.2, 0) is 13.0 Å². The lowest BCUT2D eigenvalue weighted by atomic mass is 10.0. The van der Waals surface area contributed by atoms with Crippen LogP contribution in [0.3, 0.4) is 0 Å². The minimum Gasteiger partial charge on any atom is -0.497 e. The van der Waals surface area contributed by atoms with Crippen LogP contribution < -0.4 is 4.74 Å². The molecule has 0 saturated carbocycles. The van der Waals surface area contributed by atoms with Crippen molar-refractivity contribution in [2.24, 2.45) is 0 Å². The summed E-state index contributed by atoms with van der Waals surface area (Å²) < 4.78 is 7.82. The molecule has 0 atom stereocenters. The standard InChI is InChI=1S/C27H29NO/c1-5-6-21-8-10-22(11-9-21)18-28-26-16-7-19(2)17-25(26)20(3)27(28)23-12-14-24(29-4)15-13-23/h7-17H,5-6,18H2,1-4H3. The van der Waals surface area contributed by atoms with Crippen LogP contribution in [0.2, 0.25) is 0 Å². The summed E-state index contributed by atoms with van der Waals surface area (Å²) in [5.74, 6) is 0.886. The fourth-order valence-electron chi connectivity index (χ4n) is 4.20. The summed E-state index contributed by atoms with van der Waals surface area (Å²) >= 11 is 0. The van der Waals surface area contributed by atoms with E-state index in [1.165, 1.54) is 50.8 Å². The third-order valence-corrected chi connectivity index (χ3v) is 5.74. The summed E-state index contributed by atoms with van der Waals surface area (Å²) in [6, 6.07) is 24.3. The van der Waals surface area contributed by atoms with E-state index in [4.69, 9.17) is 4.74 Å². The van der Waals surface area contributed by atoms with Crippen molar-refractivity contribution in [3.63, 3.8) is 0 Å². The molecular weight excluding hydrogens is 354 g/mol. The van der Waals surface area contributed by atoms with E-state index in [0.29, 0.717) is 0 Å². The molecule has 148 valence electrons. The molecule has 4 aromatic rings. The molecular formula is C27H29NO. The monoisotopic (exact) mass is 383 g/mol. The Morgan fingerprint density at radius 3 is 2.17 bits per heavy atom. The van der Waals surface area contributed by atoms with E-state index in [1.807, 2.05) is 12.1 Å². The van der Waals surface area contributed by atoms with Crippen molar-refractivity contribution in [2.45, 2.75) is 40.2 Å². The number of nitrogens with zero attached hydrogens (tertiary/aromatic N) is 1. The van der Waals surface area contributed by atoms with Crippen molar-refractivity contribution in [3.05, 3.63) is 89.0 Å². The maximum absolute atomic E-state index is 5.36. The molecule has 0 aliphatic carbocycles. The fourth-order valence-corrected chi connectivity index (χ4v) is 4.20. The molecule has 2 heteroatoms. The second-order valence-electron chi connectivity index (χ2n) is 7.88. The van der Waals surface area contributed by atoms with Crippen molar-refractivity contribution < 1.29 is 4.74 Å². The van der Waals surface area contributed by atoms with E-state index in [1.54, 1.807) is 7.11 Å². The SMILES string of the molecule is CCCc1ccc(Cn2c(-c3ccc(OC)cc3)c(C)c3cc(C)ccc32)cc1. The van der Waals surface area contributed by atoms with Crippen LogP contribution in [0.1, 0.15) is 35.6 Å². The molecule has 4 rings (SSSR count). The topological polar surface area (TPSA) is 14.2 Å². The Kier molecular flexibility index (Phi) is 5.44. The Morgan fingerprint density at radius 1 is 0.828 bits per heavy atom. The Bertz CT molecular complexity index is 1120. The Labute approximate surface area is 173 Å². The first-order valence-electron chi connectivity index (χ1n) is 10.4. The van der Waals surface area contributed by atoms with Crippen LogP contribution in [-0.4, -0.2) is 11.7 Å². The molecule has 0 aliphatic heterocycles. The van der Waals surface area contributed by atoms with E-state index >= 15 is 0 Å². The zero-order chi connectivity index (χ0) is 20.4. The van der Waals surface area contributed by atoms with E-state index < -0.39 is 0 Å². The van der Waals surface area contributed by atoms with Gasteiger partial charge in [0.1, 0.15) is 5.75 Å². The molecule has 0 radical (unpaired) electrons. The predicted molar refractivity (Wildman–Crippen MR) is 123 cm³/mol. The van der Waals surface area contributed by atoms with Crippen molar-refractivity contribution in [2.75, 3.05) is 7.11 Å². The number of hydrogen-bond acceptors (Lipinski definition) is 1. The second-order valence-corrected chi connectivity index (χ2v) is 7.88. The molecule has 0 N–H and O–H groups in total. The summed E-state index contributed by atoms with van der Waals surface area (Å²) in [4.78, 5) is 0. The van der Waals surface area contributed by atoms with Gasteiger partial charge < -0.3 is 9.30 Å². The van der Waals surface area contributed by atoms with Crippen molar-refractivity contribution in [1.82, 2.24) is 4.57 Å². The maximum atomic E-state index is 5.36. The first kappa shape index (κ1) is 19.3. The number of aryl methyl sites for hydroxylation is 3. The van der Waals surface area contributed by atoms with Crippen LogP contribution >= 0.6 is 0 Å². The molecule has 0 fully saturated rings. The van der Waals surface area contributed by atoms with Crippen LogP contribution in [0.5, 0.6) is 5.75 Å². The van der Waals surface area contributed by atoms with Gasteiger partial charge in [-0.1, -0.05) is 49.2 Å². The fraction of sp³-hybridized carbons (Fsp3) is 0.259. The summed E-state index contributed by atoms with van der Waals surface area (Å²) in [7, 11) is 1.71. The highest BCUT2D eigenvalue weighted by atomic mass is 16.5. The zero-order valence-electron chi connectivity index (χ0n) is 17.8. The number of methoxy groups -OCH3 is 1. The molecule has 0 spiro atoms. The molecule has 1 heterocycles. The Hall–Kier alpha value is -3.00. The lowest BCUT2D eigenvalue weighted by molar-refractivity contribution is 0.415. The van der Waals surface area contributed by atoms with Gasteiger partial charge in [-0.15, -0.1) is 0 Å². The zero-order valence-corrected chi connectivity index (χ0v) is 17.8. The van der Waals surface area contributed by atoms with Crippen molar-refractivity contribution in [1.29, 1.82) is 0 Å². The first-order chi connectivity index (χ1) is 14.1. The van der Waals surface area contributed by atoms with Gasteiger partial charge in [-0.05, 0) is 78.9 Å². The molecule has 2 nitrogen and oxygen atoms in total. The smallest absolute Gasteiger partial charge is 0.118 e. The largest absolute Gasteiger partial charge is 0.497 e. The molecule has 0 amide bonds. The van der Waals surface area contributed by atoms with E-state index in [2.05, 4.69) is 79.9 Å². The van der Waals surface area contributed by atoms with Crippen LogP contribution in [0.25, 0.3) is 22.2 Å².